The first-order valence-electron chi connectivity index (χ1n) is 9.86. The fourth-order valence-corrected chi connectivity index (χ4v) is 3.56. The summed E-state index contributed by atoms with van der Waals surface area (Å²) < 4.78 is 35.9. The molecule has 32 heavy (non-hydrogen) atoms. The Hall–Kier alpha value is -3.83. The number of ether oxygens (including phenoxy) is 2. The van der Waals surface area contributed by atoms with Crippen LogP contribution < -0.4 is 14.3 Å². The molecule has 0 fully saturated rings. The summed E-state index contributed by atoms with van der Waals surface area (Å²) in [5.74, 6) is 1.33. The van der Waals surface area contributed by atoms with Gasteiger partial charge >= 0.3 is 0 Å². The molecule has 0 amide bonds. The lowest BCUT2D eigenvalue weighted by Crippen LogP contribution is -2.20. The third-order valence-electron chi connectivity index (χ3n) is 4.54. The minimum absolute atomic E-state index is 0.159. The summed E-state index contributed by atoms with van der Waals surface area (Å²) in [6.45, 7) is 4.32. The van der Waals surface area contributed by atoms with E-state index in [0.717, 1.165) is 11.1 Å². The van der Waals surface area contributed by atoms with Gasteiger partial charge in [-0.05, 0) is 80.1 Å². The van der Waals surface area contributed by atoms with Crippen LogP contribution in [-0.4, -0.2) is 27.3 Å². The van der Waals surface area contributed by atoms with E-state index in [1.54, 1.807) is 79.7 Å². The van der Waals surface area contributed by atoms with Crippen LogP contribution in [0.1, 0.15) is 23.6 Å². The predicted molar refractivity (Wildman–Crippen MR) is 122 cm³/mol. The summed E-state index contributed by atoms with van der Waals surface area (Å²) >= 11 is 0. The van der Waals surface area contributed by atoms with Crippen LogP contribution in [0, 0.1) is 18.3 Å². The maximum absolute atomic E-state index is 12.4. The number of nitriles is 1. The smallest absolute Gasteiger partial charge is 0.276 e. The molecular weight excluding hydrogens is 426 g/mol. The first-order chi connectivity index (χ1) is 15.4. The van der Waals surface area contributed by atoms with Gasteiger partial charge in [-0.2, -0.15) is 23.6 Å². The molecule has 0 aliphatic carbocycles. The van der Waals surface area contributed by atoms with E-state index in [-0.39, 0.29) is 4.90 Å². The molecule has 0 aliphatic rings. The van der Waals surface area contributed by atoms with Crippen molar-refractivity contribution in [3.05, 3.63) is 89.5 Å². The summed E-state index contributed by atoms with van der Waals surface area (Å²) in [5.41, 5.74) is 2.84. The molecule has 0 spiro atoms. The number of nitrogens with zero attached hydrogens (tertiary/aromatic N) is 2. The van der Waals surface area contributed by atoms with E-state index in [2.05, 4.69) is 16.0 Å². The van der Waals surface area contributed by atoms with Gasteiger partial charge in [0.25, 0.3) is 10.0 Å². The third-order valence-corrected chi connectivity index (χ3v) is 5.77. The molecule has 7 nitrogen and oxygen atoms in total. The molecule has 0 aliphatic heterocycles. The van der Waals surface area contributed by atoms with Crippen LogP contribution in [0.2, 0.25) is 0 Å². The molecular formula is C24H23N3O4S. The zero-order valence-electron chi connectivity index (χ0n) is 17.8. The van der Waals surface area contributed by atoms with Gasteiger partial charge in [-0.3, -0.25) is 0 Å². The summed E-state index contributed by atoms with van der Waals surface area (Å²) in [6, 6.07) is 22.6. The Morgan fingerprint density at radius 2 is 1.44 bits per heavy atom. The van der Waals surface area contributed by atoms with Crippen LogP contribution in [-0.2, 0) is 10.0 Å². The Bertz CT molecular complexity index is 1210. The molecule has 3 aromatic carbocycles. The van der Waals surface area contributed by atoms with E-state index < -0.39 is 10.0 Å². The second-order valence-corrected chi connectivity index (χ2v) is 8.62. The number of hydrazone groups is 1. The van der Waals surface area contributed by atoms with E-state index in [1.807, 2.05) is 6.92 Å². The van der Waals surface area contributed by atoms with Crippen LogP contribution >= 0.6 is 0 Å². The van der Waals surface area contributed by atoms with Crippen molar-refractivity contribution in [2.24, 2.45) is 5.10 Å². The topological polar surface area (TPSA) is 101 Å². The highest BCUT2D eigenvalue weighted by atomic mass is 32.2. The maximum atomic E-state index is 12.4. The molecule has 1 N–H and O–H groups in total. The average Bonchev–Trinajstić information content (AvgIpc) is 2.81. The van der Waals surface area contributed by atoms with Crippen molar-refractivity contribution in [3.63, 3.8) is 0 Å². The lowest BCUT2D eigenvalue weighted by Gasteiger charge is -2.09. The quantitative estimate of drug-likeness (QED) is 0.302. The van der Waals surface area contributed by atoms with Gasteiger partial charge in [0, 0.05) is 0 Å². The van der Waals surface area contributed by atoms with Gasteiger partial charge in [0.15, 0.2) is 0 Å². The largest absolute Gasteiger partial charge is 0.490 e. The summed E-state index contributed by atoms with van der Waals surface area (Å²) in [4.78, 5) is 2.43. The standard InChI is InChI=1S/C24H23N3O4S/c1-18-3-13-24(14-4-18)32(28,29)27-26-19(2)21-7-11-23(12-8-21)31-16-15-30-22-9-5-20(17-25)6-10-22/h3-14,27H,15-16H2,1-2H3/b26-19+. The Labute approximate surface area is 188 Å². The Morgan fingerprint density at radius 3 is 1.97 bits per heavy atom. The number of nitrogens with one attached hydrogen (secondary N) is 1. The van der Waals surface area contributed by atoms with Crippen LogP contribution in [0.3, 0.4) is 0 Å². The highest BCUT2D eigenvalue weighted by Crippen LogP contribution is 2.15. The van der Waals surface area contributed by atoms with E-state index in [1.165, 1.54) is 0 Å². The van der Waals surface area contributed by atoms with Gasteiger partial charge in [0.05, 0.1) is 22.2 Å². The SMILES string of the molecule is C/C(=N\NS(=O)(=O)c1ccc(C)cc1)c1ccc(OCCOc2ccc(C#N)cc2)cc1. The number of hydrogen-bond acceptors (Lipinski definition) is 6. The van der Waals surface area contributed by atoms with Crippen LogP contribution in [0.4, 0.5) is 0 Å². The van der Waals surface area contributed by atoms with Gasteiger partial charge in [-0.15, -0.1) is 0 Å². The minimum atomic E-state index is -3.72. The maximum Gasteiger partial charge on any atom is 0.276 e. The predicted octanol–water partition coefficient (Wildman–Crippen LogP) is 4.03. The van der Waals surface area contributed by atoms with Gasteiger partial charge in [0.2, 0.25) is 0 Å². The van der Waals surface area contributed by atoms with Gasteiger partial charge in [-0.25, -0.2) is 0 Å². The van der Waals surface area contributed by atoms with Crippen molar-refractivity contribution < 1.29 is 17.9 Å². The monoisotopic (exact) mass is 449 g/mol. The van der Waals surface area contributed by atoms with Crippen molar-refractivity contribution in [2.75, 3.05) is 13.2 Å². The molecule has 0 heterocycles. The van der Waals surface area contributed by atoms with Crippen molar-refractivity contribution in [2.45, 2.75) is 18.7 Å². The molecule has 0 saturated heterocycles. The molecule has 3 rings (SSSR count). The number of sulfonamides is 1. The first kappa shape index (κ1) is 22.8. The molecule has 0 aromatic heterocycles. The molecule has 0 atom stereocenters. The molecule has 8 heteroatoms. The van der Waals surface area contributed by atoms with E-state index >= 15 is 0 Å². The highest BCUT2D eigenvalue weighted by Gasteiger charge is 2.12. The minimum Gasteiger partial charge on any atom is -0.490 e. The van der Waals surface area contributed by atoms with E-state index in [0.29, 0.717) is 36.0 Å². The summed E-state index contributed by atoms with van der Waals surface area (Å²) in [7, 11) is -3.72. The van der Waals surface area contributed by atoms with Crippen molar-refractivity contribution in [1.29, 1.82) is 5.26 Å². The van der Waals surface area contributed by atoms with Crippen molar-refractivity contribution in [3.8, 4) is 17.6 Å². The second kappa shape index (κ2) is 10.5. The normalized spacial score (nSPS) is 11.5. The zero-order chi connectivity index (χ0) is 23.0. The Morgan fingerprint density at radius 1 is 0.906 bits per heavy atom. The number of aryl methyl sites for hydroxylation is 1. The number of benzene rings is 3. The van der Waals surface area contributed by atoms with Crippen molar-refractivity contribution >= 4 is 15.7 Å². The Balaban J connectivity index is 1.50. The molecule has 0 radical (unpaired) electrons. The van der Waals surface area contributed by atoms with E-state index in [9.17, 15) is 8.42 Å². The number of rotatable bonds is 9. The lowest BCUT2D eigenvalue weighted by atomic mass is 10.1. The average molecular weight is 450 g/mol. The van der Waals surface area contributed by atoms with Gasteiger partial charge < -0.3 is 9.47 Å². The van der Waals surface area contributed by atoms with E-state index in [4.69, 9.17) is 14.7 Å². The first-order valence-corrected chi connectivity index (χ1v) is 11.3. The second-order valence-electron chi connectivity index (χ2n) is 6.96. The Kier molecular flexibility index (Phi) is 7.47. The van der Waals surface area contributed by atoms with Gasteiger partial charge in [-0.1, -0.05) is 17.7 Å². The molecule has 0 unspecified atom stereocenters. The highest BCUT2D eigenvalue weighted by molar-refractivity contribution is 7.89. The zero-order valence-corrected chi connectivity index (χ0v) is 18.6. The van der Waals surface area contributed by atoms with Gasteiger partial charge in [0.1, 0.15) is 24.7 Å². The van der Waals surface area contributed by atoms with Crippen LogP contribution in [0.5, 0.6) is 11.5 Å². The molecule has 0 saturated carbocycles. The number of hydrogen-bond donors (Lipinski definition) is 1. The molecule has 164 valence electrons. The third kappa shape index (κ3) is 6.33. The molecule has 0 bridgehead atoms. The summed E-state index contributed by atoms with van der Waals surface area (Å²) in [5, 5.41) is 12.8. The fourth-order valence-electron chi connectivity index (χ4n) is 2.70. The van der Waals surface area contributed by atoms with Crippen molar-refractivity contribution in [1.82, 2.24) is 4.83 Å². The van der Waals surface area contributed by atoms with Crippen LogP contribution in [0.25, 0.3) is 0 Å². The molecule has 3 aromatic rings. The summed E-state index contributed by atoms with van der Waals surface area (Å²) in [6.07, 6.45) is 0. The lowest BCUT2D eigenvalue weighted by molar-refractivity contribution is 0.217. The fraction of sp³-hybridized carbons (Fsp3) is 0.167. The van der Waals surface area contributed by atoms with Crippen LogP contribution in [0.15, 0.2) is 82.8 Å².